The van der Waals surface area contributed by atoms with Gasteiger partial charge in [-0.25, -0.2) is 0 Å². The van der Waals surface area contributed by atoms with E-state index >= 15 is 0 Å². The van der Waals surface area contributed by atoms with E-state index in [-0.39, 0.29) is 5.91 Å². The van der Waals surface area contributed by atoms with Crippen LogP contribution in [0.5, 0.6) is 0 Å². The lowest BCUT2D eigenvalue weighted by Gasteiger charge is -2.06. The van der Waals surface area contributed by atoms with Crippen LogP contribution in [0.1, 0.15) is 24.0 Å². The monoisotopic (exact) mass is 381 g/mol. The smallest absolute Gasteiger partial charge is 0.220 e. The molecule has 2 rings (SSSR count). The Bertz CT molecular complexity index is 649. The van der Waals surface area contributed by atoms with Crippen LogP contribution in [-0.4, -0.2) is 18.2 Å². The van der Waals surface area contributed by atoms with Crippen molar-refractivity contribution in [2.24, 2.45) is 0 Å². The Kier molecular flexibility index (Phi) is 8.51. The molecule has 0 aliphatic carbocycles. The molecule has 0 aliphatic rings. The molecule has 0 aromatic heterocycles. The highest BCUT2D eigenvalue weighted by Crippen LogP contribution is 2.24. The van der Waals surface area contributed by atoms with Crippen LogP contribution in [0.3, 0.4) is 0 Å². The molecule has 0 aliphatic heterocycles. The topological polar surface area (TPSA) is 29.1 Å². The lowest BCUT2D eigenvalue weighted by atomic mass is 10.1. The van der Waals surface area contributed by atoms with E-state index in [0.29, 0.717) is 16.5 Å². The van der Waals surface area contributed by atoms with Crippen molar-refractivity contribution >= 4 is 40.9 Å². The van der Waals surface area contributed by atoms with Gasteiger partial charge < -0.3 is 5.32 Å². The van der Waals surface area contributed by atoms with Crippen LogP contribution in [0, 0.1) is 0 Å². The quantitative estimate of drug-likeness (QED) is 0.591. The fraction of sp³-hybridized carbons (Fsp3) is 0.316. The Morgan fingerprint density at radius 2 is 1.79 bits per heavy atom. The maximum absolute atomic E-state index is 11.8. The summed E-state index contributed by atoms with van der Waals surface area (Å²) in [6, 6.07) is 16.0. The molecular formula is C19H21Cl2NOS. The molecule has 24 heavy (non-hydrogen) atoms. The van der Waals surface area contributed by atoms with Crippen molar-refractivity contribution in [2.45, 2.75) is 25.0 Å². The number of halogens is 2. The molecule has 2 nitrogen and oxygen atoms in total. The number of hydrogen-bond acceptors (Lipinski definition) is 2. The molecule has 0 bridgehead atoms. The first-order valence-corrected chi connectivity index (χ1v) is 9.88. The van der Waals surface area contributed by atoms with Gasteiger partial charge in [0.15, 0.2) is 0 Å². The molecule has 0 saturated heterocycles. The molecule has 5 heteroatoms. The van der Waals surface area contributed by atoms with E-state index in [1.165, 1.54) is 5.56 Å². The maximum Gasteiger partial charge on any atom is 0.220 e. The summed E-state index contributed by atoms with van der Waals surface area (Å²) < 4.78 is 0. The highest BCUT2D eigenvalue weighted by molar-refractivity contribution is 7.98. The van der Waals surface area contributed by atoms with E-state index < -0.39 is 0 Å². The van der Waals surface area contributed by atoms with Gasteiger partial charge in [0.25, 0.3) is 0 Å². The minimum absolute atomic E-state index is 0.115. The highest BCUT2D eigenvalue weighted by atomic mass is 35.5. The van der Waals surface area contributed by atoms with Gasteiger partial charge in [0.2, 0.25) is 5.91 Å². The second-order valence-corrected chi connectivity index (χ2v) is 7.41. The van der Waals surface area contributed by atoms with Crippen molar-refractivity contribution in [1.82, 2.24) is 5.32 Å². The molecule has 0 heterocycles. The first-order chi connectivity index (χ1) is 11.6. The predicted molar refractivity (Wildman–Crippen MR) is 105 cm³/mol. The molecule has 0 fully saturated rings. The third-order valence-electron chi connectivity index (χ3n) is 3.53. The van der Waals surface area contributed by atoms with Gasteiger partial charge in [0, 0.05) is 24.5 Å². The average Bonchev–Trinajstić information content (AvgIpc) is 2.59. The fourth-order valence-corrected chi connectivity index (χ4v) is 3.45. The summed E-state index contributed by atoms with van der Waals surface area (Å²) >= 11 is 13.6. The molecule has 0 saturated carbocycles. The van der Waals surface area contributed by atoms with Gasteiger partial charge in [0.05, 0.1) is 10.0 Å². The van der Waals surface area contributed by atoms with Crippen LogP contribution in [0.15, 0.2) is 48.5 Å². The van der Waals surface area contributed by atoms with Crippen molar-refractivity contribution < 1.29 is 4.79 Å². The first-order valence-electron chi connectivity index (χ1n) is 7.97. The summed E-state index contributed by atoms with van der Waals surface area (Å²) in [5.74, 6) is 1.74. The van der Waals surface area contributed by atoms with Crippen molar-refractivity contribution in [3.63, 3.8) is 0 Å². The average molecular weight is 382 g/mol. The molecule has 0 radical (unpaired) electrons. The summed E-state index contributed by atoms with van der Waals surface area (Å²) in [5.41, 5.74) is 2.43. The fourth-order valence-electron chi connectivity index (χ4n) is 2.24. The number of aryl methyl sites for hydroxylation is 1. The van der Waals surface area contributed by atoms with Gasteiger partial charge in [-0.15, -0.1) is 0 Å². The number of carbonyl (C=O) groups excluding carboxylic acids is 1. The summed E-state index contributed by atoms with van der Waals surface area (Å²) in [6.45, 7) is 0.727. The standard InChI is InChI=1S/C19H21Cl2NOS/c20-17-9-8-16(13-18(17)21)14-24-12-10-19(23)22-11-4-7-15-5-2-1-3-6-15/h1-3,5-6,8-9,13H,4,7,10-12,14H2,(H,22,23). The van der Waals surface area contributed by atoms with Crippen LogP contribution < -0.4 is 5.32 Å². The number of amides is 1. The molecule has 2 aromatic carbocycles. The Balaban J connectivity index is 1.54. The van der Waals surface area contributed by atoms with Crippen molar-refractivity contribution in [3.05, 3.63) is 69.7 Å². The largest absolute Gasteiger partial charge is 0.356 e. The van der Waals surface area contributed by atoms with Gasteiger partial charge in [0.1, 0.15) is 0 Å². The zero-order valence-corrected chi connectivity index (χ0v) is 15.8. The van der Waals surface area contributed by atoms with Crippen LogP contribution >= 0.6 is 35.0 Å². The van der Waals surface area contributed by atoms with Gasteiger partial charge in [-0.05, 0) is 36.1 Å². The van der Waals surface area contributed by atoms with E-state index in [0.717, 1.165) is 36.5 Å². The van der Waals surface area contributed by atoms with Crippen LogP contribution in [-0.2, 0) is 17.0 Å². The van der Waals surface area contributed by atoms with Crippen LogP contribution in [0.2, 0.25) is 10.0 Å². The third kappa shape index (κ3) is 7.16. The third-order valence-corrected chi connectivity index (χ3v) is 5.30. The second-order valence-electron chi connectivity index (χ2n) is 5.49. The normalized spacial score (nSPS) is 10.6. The van der Waals surface area contributed by atoms with E-state index in [2.05, 4.69) is 17.4 Å². The number of hydrogen-bond donors (Lipinski definition) is 1. The second kappa shape index (κ2) is 10.7. The number of nitrogens with one attached hydrogen (secondary N) is 1. The number of thioether (sulfide) groups is 1. The molecular weight excluding hydrogens is 361 g/mol. The first kappa shape index (κ1) is 19.2. The molecule has 1 amide bonds. The zero-order valence-electron chi connectivity index (χ0n) is 13.4. The molecule has 0 atom stereocenters. The van der Waals surface area contributed by atoms with Gasteiger partial charge in [-0.2, -0.15) is 11.8 Å². The Labute approximate surface area is 157 Å². The number of benzene rings is 2. The lowest BCUT2D eigenvalue weighted by molar-refractivity contribution is -0.120. The minimum atomic E-state index is 0.115. The number of carbonyl (C=O) groups is 1. The number of rotatable bonds is 9. The Hall–Kier alpha value is -1.16. The van der Waals surface area contributed by atoms with E-state index in [1.807, 2.05) is 30.3 Å². The molecule has 1 N–H and O–H groups in total. The van der Waals surface area contributed by atoms with Crippen molar-refractivity contribution in [3.8, 4) is 0 Å². The van der Waals surface area contributed by atoms with Gasteiger partial charge in [-0.3, -0.25) is 4.79 Å². The van der Waals surface area contributed by atoms with Crippen molar-refractivity contribution in [2.75, 3.05) is 12.3 Å². The summed E-state index contributed by atoms with van der Waals surface area (Å²) in [4.78, 5) is 11.8. The van der Waals surface area contributed by atoms with Crippen LogP contribution in [0.25, 0.3) is 0 Å². The Morgan fingerprint density at radius 1 is 1.00 bits per heavy atom. The highest BCUT2D eigenvalue weighted by Gasteiger charge is 2.03. The minimum Gasteiger partial charge on any atom is -0.356 e. The summed E-state index contributed by atoms with van der Waals surface area (Å²) in [7, 11) is 0. The van der Waals surface area contributed by atoms with Gasteiger partial charge >= 0.3 is 0 Å². The van der Waals surface area contributed by atoms with Gasteiger partial charge in [-0.1, -0.05) is 59.6 Å². The molecule has 2 aromatic rings. The molecule has 128 valence electrons. The van der Waals surface area contributed by atoms with Crippen molar-refractivity contribution in [1.29, 1.82) is 0 Å². The lowest BCUT2D eigenvalue weighted by Crippen LogP contribution is -2.25. The summed E-state index contributed by atoms with van der Waals surface area (Å²) in [5, 5.41) is 4.12. The molecule has 0 spiro atoms. The van der Waals surface area contributed by atoms with E-state index in [9.17, 15) is 4.79 Å². The zero-order chi connectivity index (χ0) is 17.2. The predicted octanol–water partition coefficient (Wildman–Crippen LogP) is 5.37. The van der Waals surface area contributed by atoms with E-state index in [4.69, 9.17) is 23.2 Å². The Morgan fingerprint density at radius 3 is 2.54 bits per heavy atom. The summed E-state index contributed by atoms with van der Waals surface area (Å²) in [6.07, 6.45) is 2.50. The van der Waals surface area contributed by atoms with E-state index in [1.54, 1.807) is 17.8 Å². The maximum atomic E-state index is 11.8. The molecule has 0 unspecified atom stereocenters. The SMILES string of the molecule is O=C(CCSCc1ccc(Cl)c(Cl)c1)NCCCc1ccccc1. The van der Waals surface area contributed by atoms with Crippen LogP contribution in [0.4, 0.5) is 0 Å².